The van der Waals surface area contributed by atoms with Gasteiger partial charge in [-0.15, -0.1) is 0 Å². The number of carbonyl (C=O) groups is 2. The maximum Gasteiger partial charge on any atom is 0.310 e. The van der Waals surface area contributed by atoms with Crippen molar-refractivity contribution in [3.05, 3.63) is 60.0 Å². The molecule has 0 aliphatic carbocycles. The standard InChI is InChI=1S/C24H28N4O6/c1-3-7-19(30)27-23-16-10-11-18(28(16)26-14-25-23)24(2)22(32)21(17(13-29)34-24)33-20(31)12-15-8-5-4-6-9-15/h4-6,8-11,14,17,21-22,29,32H,3,7,12-13H2,1-2H3,(H,25,26,27,30)/t17-,21-,22-,24+/m1/s1. The predicted molar refractivity (Wildman–Crippen MR) is 122 cm³/mol. The number of aromatic nitrogens is 3. The molecule has 1 aromatic carbocycles. The number of esters is 1. The molecule has 2 aromatic heterocycles. The SMILES string of the molecule is CCCC(=O)Nc1ncnn2c([C@]3(C)O[C@H](CO)[C@@H](OC(=O)Cc4ccccc4)[C@H]3O)ccc12. The van der Waals surface area contributed by atoms with Crippen LogP contribution < -0.4 is 5.32 Å². The first-order valence-corrected chi connectivity index (χ1v) is 11.2. The van der Waals surface area contributed by atoms with Gasteiger partial charge >= 0.3 is 5.97 Å². The third kappa shape index (κ3) is 4.52. The first-order valence-electron chi connectivity index (χ1n) is 11.2. The Kier molecular flexibility index (Phi) is 6.92. The molecule has 1 aliphatic heterocycles. The molecule has 0 saturated carbocycles. The van der Waals surface area contributed by atoms with Crippen LogP contribution in [-0.4, -0.2) is 61.6 Å². The minimum absolute atomic E-state index is 0.0288. The number of hydrogen-bond donors (Lipinski definition) is 3. The molecule has 0 bridgehead atoms. The van der Waals surface area contributed by atoms with E-state index in [1.807, 2.05) is 25.1 Å². The number of anilines is 1. The molecule has 0 radical (unpaired) electrons. The Hall–Kier alpha value is -3.34. The van der Waals surface area contributed by atoms with Crippen molar-refractivity contribution >= 4 is 23.2 Å². The summed E-state index contributed by atoms with van der Waals surface area (Å²) in [5, 5.41) is 28.1. The molecule has 4 atom stereocenters. The highest BCUT2D eigenvalue weighted by molar-refractivity contribution is 5.93. The number of hydrogen-bond acceptors (Lipinski definition) is 8. The average molecular weight is 469 g/mol. The molecule has 180 valence electrons. The number of ether oxygens (including phenoxy) is 2. The van der Waals surface area contributed by atoms with Crippen LogP contribution in [0.15, 0.2) is 48.8 Å². The Bertz CT molecular complexity index is 1170. The summed E-state index contributed by atoms with van der Waals surface area (Å²) in [6.07, 6.45) is -0.916. The summed E-state index contributed by atoms with van der Waals surface area (Å²) < 4.78 is 13.1. The van der Waals surface area contributed by atoms with Crippen LogP contribution in [0.3, 0.4) is 0 Å². The molecular weight excluding hydrogens is 440 g/mol. The number of aliphatic hydroxyl groups is 2. The van der Waals surface area contributed by atoms with E-state index in [0.717, 1.165) is 5.56 Å². The van der Waals surface area contributed by atoms with E-state index in [2.05, 4.69) is 15.4 Å². The van der Waals surface area contributed by atoms with Gasteiger partial charge in [0.15, 0.2) is 11.9 Å². The van der Waals surface area contributed by atoms with Crippen molar-refractivity contribution in [2.45, 2.75) is 57.0 Å². The van der Waals surface area contributed by atoms with Crippen molar-refractivity contribution in [3.63, 3.8) is 0 Å². The van der Waals surface area contributed by atoms with Gasteiger partial charge in [0.05, 0.1) is 18.7 Å². The zero-order valence-electron chi connectivity index (χ0n) is 19.0. The van der Waals surface area contributed by atoms with Gasteiger partial charge < -0.3 is 25.0 Å². The second-order valence-electron chi connectivity index (χ2n) is 8.43. The molecule has 3 N–H and O–H groups in total. The Labute approximate surface area is 196 Å². The number of aliphatic hydroxyl groups excluding tert-OH is 2. The minimum Gasteiger partial charge on any atom is -0.456 e. The van der Waals surface area contributed by atoms with Crippen LogP contribution in [0, 0.1) is 0 Å². The second kappa shape index (κ2) is 9.88. The number of fused-ring (bicyclic) bond motifs is 1. The van der Waals surface area contributed by atoms with Gasteiger partial charge in [-0.25, -0.2) is 9.50 Å². The van der Waals surface area contributed by atoms with Crippen molar-refractivity contribution in [3.8, 4) is 0 Å². The van der Waals surface area contributed by atoms with Crippen molar-refractivity contribution < 1.29 is 29.3 Å². The Morgan fingerprint density at radius 1 is 1.24 bits per heavy atom. The lowest BCUT2D eigenvalue weighted by Crippen LogP contribution is -2.42. The zero-order chi connectivity index (χ0) is 24.3. The molecule has 1 fully saturated rings. The number of nitrogens with one attached hydrogen (secondary N) is 1. The van der Waals surface area contributed by atoms with Gasteiger partial charge in [0.1, 0.15) is 29.7 Å². The van der Waals surface area contributed by atoms with Crippen molar-refractivity contribution in [2.24, 2.45) is 0 Å². The van der Waals surface area contributed by atoms with Crippen molar-refractivity contribution in [1.29, 1.82) is 0 Å². The quantitative estimate of drug-likeness (QED) is 0.424. The molecule has 4 rings (SSSR count). The fraction of sp³-hybridized carbons (Fsp3) is 0.417. The summed E-state index contributed by atoms with van der Waals surface area (Å²) in [5.41, 5.74) is 0.403. The van der Waals surface area contributed by atoms with Crippen LogP contribution in [-0.2, 0) is 31.1 Å². The summed E-state index contributed by atoms with van der Waals surface area (Å²) in [7, 11) is 0. The van der Waals surface area contributed by atoms with Crippen LogP contribution in [0.2, 0.25) is 0 Å². The molecule has 3 heterocycles. The molecular formula is C24H28N4O6. The molecule has 3 aromatic rings. The van der Waals surface area contributed by atoms with E-state index in [9.17, 15) is 19.8 Å². The number of nitrogens with zero attached hydrogens (tertiary/aromatic N) is 3. The number of amides is 1. The minimum atomic E-state index is -1.35. The van der Waals surface area contributed by atoms with E-state index in [4.69, 9.17) is 9.47 Å². The fourth-order valence-electron chi connectivity index (χ4n) is 4.24. The summed E-state index contributed by atoms with van der Waals surface area (Å²) >= 11 is 0. The highest BCUT2D eigenvalue weighted by Gasteiger charge is 2.55. The van der Waals surface area contributed by atoms with E-state index < -0.39 is 36.5 Å². The summed E-state index contributed by atoms with van der Waals surface area (Å²) in [6, 6.07) is 12.5. The van der Waals surface area contributed by atoms with Crippen LogP contribution in [0.4, 0.5) is 5.82 Å². The maximum atomic E-state index is 12.5. The van der Waals surface area contributed by atoms with E-state index in [1.54, 1.807) is 31.2 Å². The van der Waals surface area contributed by atoms with Gasteiger partial charge in [0.25, 0.3) is 0 Å². The largest absolute Gasteiger partial charge is 0.456 e. The Balaban J connectivity index is 1.59. The lowest BCUT2D eigenvalue weighted by atomic mass is 9.93. The van der Waals surface area contributed by atoms with Gasteiger partial charge in [-0.05, 0) is 31.0 Å². The van der Waals surface area contributed by atoms with Gasteiger partial charge in [-0.3, -0.25) is 9.59 Å². The third-order valence-electron chi connectivity index (χ3n) is 5.97. The Morgan fingerprint density at radius 3 is 2.71 bits per heavy atom. The number of benzene rings is 1. The summed E-state index contributed by atoms with van der Waals surface area (Å²) in [6.45, 7) is 3.10. The topological polar surface area (TPSA) is 135 Å². The first kappa shape index (κ1) is 23.8. The molecule has 1 aliphatic rings. The highest BCUT2D eigenvalue weighted by Crippen LogP contribution is 2.41. The third-order valence-corrected chi connectivity index (χ3v) is 5.97. The smallest absolute Gasteiger partial charge is 0.310 e. The van der Waals surface area contributed by atoms with Crippen LogP contribution in [0.1, 0.15) is 37.9 Å². The fourth-order valence-corrected chi connectivity index (χ4v) is 4.24. The molecule has 34 heavy (non-hydrogen) atoms. The number of rotatable bonds is 8. The molecule has 1 amide bonds. The van der Waals surface area contributed by atoms with E-state index in [1.165, 1.54) is 10.8 Å². The van der Waals surface area contributed by atoms with Crippen molar-refractivity contribution in [2.75, 3.05) is 11.9 Å². The van der Waals surface area contributed by atoms with Crippen LogP contribution >= 0.6 is 0 Å². The van der Waals surface area contributed by atoms with E-state index in [-0.39, 0.29) is 12.3 Å². The van der Waals surface area contributed by atoms with Gasteiger partial charge in [0.2, 0.25) is 5.91 Å². The first-order chi connectivity index (χ1) is 16.4. The average Bonchev–Trinajstić information content (AvgIpc) is 3.36. The van der Waals surface area contributed by atoms with Gasteiger partial charge in [0, 0.05) is 6.42 Å². The van der Waals surface area contributed by atoms with Crippen molar-refractivity contribution in [1.82, 2.24) is 14.6 Å². The maximum absolute atomic E-state index is 12.5. The van der Waals surface area contributed by atoms with Crippen LogP contribution in [0.5, 0.6) is 0 Å². The van der Waals surface area contributed by atoms with Gasteiger partial charge in [-0.1, -0.05) is 37.3 Å². The Morgan fingerprint density at radius 2 is 2.00 bits per heavy atom. The monoisotopic (exact) mass is 468 g/mol. The van der Waals surface area contributed by atoms with Gasteiger partial charge in [-0.2, -0.15) is 5.10 Å². The summed E-state index contributed by atoms with van der Waals surface area (Å²) in [5.74, 6) is -0.370. The summed E-state index contributed by atoms with van der Waals surface area (Å²) in [4.78, 5) is 28.8. The number of carbonyl (C=O) groups excluding carboxylic acids is 2. The highest BCUT2D eigenvalue weighted by atomic mass is 16.6. The molecule has 0 unspecified atom stereocenters. The molecule has 10 nitrogen and oxygen atoms in total. The molecule has 0 spiro atoms. The van der Waals surface area contributed by atoms with E-state index >= 15 is 0 Å². The predicted octanol–water partition coefficient (Wildman–Crippen LogP) is 1.59. The van der Waals surface area contributed by atoms with E-state index in [0.29, 0.717) is 29.9 Å². The lowest BCUT2D eigenvalue weighted by Gasteiger charge is -2.27. The molecule has 10 heteroatoms. The lowest BCUT2D eigenvalue weighted by molar-refractivity contribution is -0.155. The van der Waals surface area contributed by atoms with Crippen LogP contribution in [0.25, 0.3) is 5.52 Å². The normalized spacial score (nSPS) is 24.3. The molecule has 1 saturated heterocycles. The second-order valence-corrected chi connectivity index (χ2v) is 8.43. The zero-order valence-corrected chi connectivity index (χ0v) is 19.0.